The Balaban J connectivity index is 1.06. The van der Waals surface area contributed by atoms with Crippen molar-refractivity contribution < 1.29 is 157 Å². The average molecular weight is 1910 g/mol. The highest BCUT2D eigenvalue weighted by atomic mass is 16.6. The van der Waals surface area contributed by atoms with Gasteiger partial charge in [-0.15, -0.1) is 0 Å². The van der Waals surface area contributed by atoms with Crippen LogP contribution in [0.3, 0.4) is 0 Å². The van der Waals surface area contributed by atoms with Crippen molar-refractivity contribution in [2.24, 2.45) is 0 Å². The summed E-state index contributed by atoms with van der Waals surface area (Å²) in [6.07, 6.45) is 0. The normalized spacial score (nSPS) is 10.7. The molecule has 138 heavy (non-hydrogen) atoms. The highest BCUT2D eigenvalue weighted by Gasteiger charge is 2.21. The Hall–Kier alpha value is -16.6. The summed E-state index contributed by atoms with van der Waals surface area (Å²) in [5, 5.41) is 0. The smallest absolute Gasteiger partial charge is 0.303 e. The molecule has 0 fully saturated rings. The van der Waals surface area contributed by atoms with Crippen LogP contribution in [-0.4, -0.2) is 116 Å². The van der Waals surface area contributed by atoms with Gasteiger partial charge in [0.05, 0.1) is 102 Å². The van der Waals surface area contributed by atoms with Crippen LogP contribution in [-0.2, 0) is 253 Å². The highest BCUT2D eigenvalue weighted by molar-refractivity contribution is 5.70. The second-order valence-corrected chi connectivity index (χ2v) is 30.2. The first-order valence-corrected chi connectivity index (χ1v) is 42.4. The molecule has 0 aliphatic heterocycles. The lowest BCUT2D eigenvalue weighted by Gasteiger charge is -2.16. The first-order chi connectivity index (χ1) is 66.0. The van der Waals surface area contributed by atoms with E-state index in [-0.39, 0.29) is 293 Å². The minimum Gasteiger partial charge on any atom is -0.489 e. The number of ether oxygens (including phenoxy) is 21. The molecule has 42 heteroatoms. The number of esters is 12. The third-order valence-electron chi connectivity index (χ3n) is 17.9. The number of hydrogen-bond acceptors (Lipinski definition) is 42. The Morgan fingerprint density at radius 3 is 0.319 bits per heavy atom. The van der Waals surface area contributed by atoms with E-state index < -0.39 is 71.6 Å². The van der Waals surface area contributed by atoms with Gasteiger partial charge in [0.25, 0.3) is 0 Å². The van der Waals surface area contributed by atoms with Crippen molar-refractivity contribution in [3.8, 4) is 51.7 Å². The lowest BCUT2D eigenvalue weighted by Crippen LogP contribution is -2.09. The second kappa shape index (κ2) is 52.2. The van der Waals surface area contributed by atoms with Crippen LogP contribution in [0.25, 0.3) is 0 Å². The number of benzene rings is 1. The van der Waals surface area contributed by atoms with Crippen LogP contribution < -0.4 is 42.6 Å². The second-order valence-electron chi connectivity index (χ2n) is 30.2. The molecule has 0 bridgehead atoms. The fourth-order valence-electron chi connectivity index (χ4n) is 12.3. The van der Waals surface area contributed by atoms with E-state index in [1.54, 1.807) is 36.4 Å². The molecule has 0 saturated carbocycles. The van der Waals surface area contributed by atoms with E-state index in [0.717, 1.165) is 0 Å². The van der Waals surface area contributed by atoms with Crippen LogP contribution in [0.4, 0.5) is 0 Å². The van der Waals surface area contributed by atoms with Gasteiger partial charge in [-0.3, -0.25) is 102 Å². The van der Waals surface area contributed by atoms with Crippen molar-refractivity contribution in [2.45, 2.75) is 222 Å². The van der Waals surface area contributed by atoms with Crippen LogP contribution >= 0.6 is 0 Å². The Morgan fingerprint density at radius 1 is 0.138 bits per heavy atom. The monoisotopic (exact) mass is 1910 g/mol. The zero-order valence-electron chi connectivity index (χ0n) is 77.5. The molecule has 10 aromatic rings. The maximum atomic E-state index is 12.0. The maximum absolute atomic E-state index is 12.0. The van der Waals surface area contributed by atoms with Gasteiger partial charge in [-0.1, -0.05) is 0 Å². The van der Waals surface area contributed by atoms with Crippen LogP contribution in [0.5, 0.6) is 51.7 Å². The van der Waals surface area contributed by atoms with Crippen LogP contribution in [0.1, 0.15) is 202 Å². The number of nitrogens with zero attached hydrogens (tertiary/aromatic N) is 9. The van der Waals surface area contributed by atoms with Gasteiger partial charge >= 0.3 is 71.6 Å². The summed E-state index contributed by atoms with van der Waals surface area (Å²) in [6, 6.07) is 33.6. The summed E-state index contributed by atoms with van der Waals surface area (Å²) in [5.74, 6) is -4.95. The van der Waals surface area contributed by atoms with Crippen LogP contribution in [0.2, 0.25) is 0 Å². The largest absolute Gasteiger partial charge is 0.489 e. The number of carbonyl (C=O) groups is 12. The number of carbonyl (C=O) groups excluding carboxylic acids is 12. The summed E-state index contributed by atoms with van der Waals surface area (Å²) in [4.78, 5) is 185. The number of pyridine rings is 9. The van der Waals surface area contributed by atoms with Gasteiger partial charge in [0.15, 0.2) is 0 Å². The zero-order valence-corrected chi connectivity index (χ0v) is 77.5. The Labute approximate surface area is 790 Å². The topological polar surface area (TPSA) is 515 Å². The van der Waals surface area contributed by atoms with Crippen molar-refractivity contribution in [3.63, 3.8) is 0 Å². The standard InChI is InChI=1S/C96H99N9O33/c1-55(106)118-37-70-16-91(17-71(97-70)38-119-56(2)107)133-49-82-28-88(29-83(103-82)50-134-92-18-72(39-120-57(3)108)98-73(19-92)40-121-58(4)109)130-34-67-13-68(35-131-89-30-84(51-135-93-20-74(41-122-59(5)110)99-75(21-93)42-123-60(6)111)104-85(31-89)52-136-94-22-76(43-124-61(7)112)100-77(23-94)44-125-62(8)113)15-69(14-67)36-132-90-32-86(53-137-95-24-78(45-126-63(9)114)101-79(25-95)46-127-64(10)115)105-87(33-90)54-138-96-26-80(47-128-65(11)116)102-81(27-96)48-129-66(12)117/h13-33H,34-54H2,1-12H3. The van der Waals surface area contributed by atoms with Crippen molar-refractivity contribution in [2.75, 3.05) is 0 Å². The van der Waals surface area contributed by atoms with E-state index in [1.165, 1.54) is 156 Å². The van der Waals surface area contributed by atoms with Crippen molar-refractivity contribution in [1.82, 2.24) is 44.9 Å². The Kier molecular flexibility index (Phi) is 39.1. The summed E-state index contributed by atoms with van der Waals surface area (Å²) >= 11 is 0. The van der Waals surface area contributed by atoms with E-state index in [9.17, 15) is 57.5 Å². The quantitative estimate of drug-likeness (QED) is 0.0252. The van der Waals surface area contributed by atoms with Crippen molar-refractivity contribution in [1.29, 1.82) is 0 Å². The number of hydrogen-bond donors (Lipinski definition) is 0. The molecule has 1 aromatic carbocycles. The molecule has 0 N–H and O–H groups in total. The van der Waals surface area contributed by atoms with E-state index in [4.69, 9.17) is 114 Å². The van der Waals surface area contributed by atoms with E-state index in [0.29, 0.717) is 16.7 Å². The molecule has 0 aliphatic rings. The van der Waals surface area contributed by atoms with Gasteiger partial charge in [-0.25, -0.2) is 0 Å². The van der Waals surface area contributed by atoms with Crippen LogP contribution in [0, 0.1) is 0 Å². The van der Waals surface area contributed by atoms with Gasteiger partial charge in [0.2, 0.25) is 0 Å². The number of aromatic nitrogens is 9. The molecule has 0 unspecified atom stereocenters. The van der Waals surface area contributed by atoms with E-state index in [1.807, 2.05) is 18.2 Å². The fourth-order valence-corrected chi connectivity index (χ4v) is 12.3. The molecule has 0 aliphatic carbocycles. The molecule has 42 nitrogen and oxygen atoms in total. The molecule has 0 spiro atoms. The molecule has 0 atom stereocenters. The zero-order chi connectivity index (χ0) is 99.2. The summed E-state index contributed by atoms with van der Waals surface area (Å²) in [7, 11) is 0. The lowest BCUT2D eigenvalue weighted by molar-refractivity contribution is -0.143. The Morgan fingerprint density at radius 2 is 0.225 bits per heavy atom. The predicted molar refractivity (Wildman–Crippen MR) is 469 cm³/mol. The Bertz CT molecular complexity index is 4950. The minimum absolute atomic E-state index is 0.185. The molecule has 9 heterocycles. The summed E-state index contributed by atoms with van der Waals surface area (Å²) in [6.45, 7) is 9.81. The lowest BCUT2D eigenvalue weighted by atomic mass is 10.1. The first-order valence-electron chi connectivity index (χ1n) is 42.4. The molecule has 0 amide bonds. The highest BCUT2D eigenvalue weighted by Crippen LogP contribution is 2.31. The number of rotatable bonds is 51. The minimum atomic E-state index is -0.581. The SMILES string of the molecule is CC(=O)OCc1cc(OCc2cc(OCc3cc(COc4cc(COc5cc(COC(C)=O)nc(COC(C)=O)c5)nc(COc5cc(COC(C)=O)nc(COC(C)=O)c5)c4)cc(COc4cc(COc5cc(COC(C)=O)nc(COC(C)=O)c5)nc(COc5cc(COC(C)=O)nc(COC(C)=O)c5)c4)c3)cc(COc3cc(COC(C)=O)nc(COC(C)=O)c3)n2)cc(COC(C)=O)n1. The van der Waals surface area contributed by atoms with Crippen molar-refractivity contribution in [3.05, 3.63) is 247 Å². The average Bonchev–Trinajstić information content (AvgIpc) is 0.833. The summed E-state index contributed by atoms with van der Waals surface area (Å²) in [5.41, 5.74) is 6.48. The third kappa shape index (κ3) is 38.5. The van der Waals surface area contributed by atoms with Gasteiger partial charge in [0.1, 0.15) is 190 Å². The van der Waals surface area contributed by atoms with Gasteiger partial charge < -0.3 is 99.5 Å². The molecular formula is C96H99N9O33. The third-order valence-corrected chi connectivity index (χ3v) is 17.9. The van der Waals surface area contributed by atoms with Crippen LogP contribution in [0.15, 0.2) is 127 Å². The van der Waals surface area contributed by atoms with E-state index in [2.05, 4.69) is 29.9 Å². The molecule has 10 rings (SSSR count). The van der Waals surface area contributed by atoms with E-state index >= 15 is 0 Å². The molecule has 726 valence electrons. The molecule has 0 radical (unpaired) electrons. The first kappa shape index (κ1) is 104. The van der Waals surface area contributed by atoms with Gasteiger partial charge in [-0.2, -0.15) is 0 Å². The maximum Gasteiger partial charge on any atom is 0.303 e. The van der Waals surface area contributed by atoms with Crippen molar-refractivity contribution >= 4 is 71.6 Å². The van der Waals surface area contributed by atoms with Gasteiger partial charge in [-0.05, 0) is 34.9 Å². The molecular weight excluding hydrogens is 1810 g/mol. The fraction of sp³-hybridized carbons (Fsp3) is 0.344. The molecule has 9 aromatic heterocycles. The van der Waals surface area contributed by atoms with Gasteiger partial charge in [0, 0.05) is 192 Å². The molecule has 0 saturated heterocycles. The predicted octanol–water partition coefficient (Wildman–Crippen LogP) is 11.2. The summed E-state index contributed by atoms with van der Waals surface area (Å²) < 4.78 is 122.